The Morgan fingerprint density at radius 1 is 1.00 bits per heavy atom. The number of nitrogens with zero attached hydrogens (tertiary/aromatic N) is 4. The molecule has 0 unspecified atom stereocenters. The summed E-state index contributed by atoms with van der Waals surface area (Å²) >= 11 is 6.25. The smallest absolute Gasteiger partial charge is 0.246 e. The fourth-order valence-corrected chi connectivity index (χ4v) is 7.17. The highest BCUT2D eigenvalue weighted by Gasteiger charge is 2.55. The summed E-state index contributed by atoms with van der Waals surface area (Å²) in [6.45, 7) is 4.37. The van der Waals surface area contributed by atoms with Gasteiger partial charge < -0.3 is 9.80 Å². The van der Waals surface area contributed by atoms with Crippen molar-refractivity contribution in [2.24, 2.45) is 30.2 Å². The molecule has 162 valence electrons. The van der Waals surface area contributed by atoms with Crippen LogP contribution < -0.4 is 0 Å². The Kier molecular flexibility index (Phi) is 4.96. The first-order valence-electron chi connectivity index (χ1n) is 11.3. The van der Waals surface area contributed by atoms with Crippen LogP contribution in [0.4, 0.5) is 0 Å². The van der Waals surface area contributed by atoms with Crippen LogP contribution in [0.2, 0.25) is 5.15 Å². The van der Waals surface area contributed by atoms with Crippen LogP contribution in [0.25, 0.3) is 6.08 Å². The minimum absolute atomic E-state index is 0.0313. The van der Waals surface area contributed by atoms with Gasteiger partial charge in [0.25, 0.3) is 0 Å². The summed E-state index contributed by atoms with van der Waals surface area (Å²) in [5, 5.41) is 4.80. The monoisotopic (exact) mass is 430 g/mol. The standard InChI is InChI=1S/C23H31ClN4O2/c1-15-19(21(24)26(2)25-15)3-4-20(29)27-5-7-28(8-6-27)22(30)23-12-16-9-17(13-23)11-18(10-16)14-23/h3-4,16-18H,5-14H2,1-2H3/b4-3+. The van der Waals surface area contributed by atoms with Crippen LogP contribution in [-0.2, 0) is 16.6 Å². The quantitative estimate of drug-likeness (QED) is 0.691. The summed E-state index contributed by atoms with van der Waals surface area (Å²) < 4.78 is 1.61. The molecule has 7 heteroatoms. The number of hydrogen-bond acceptors (Lipinski definition) is 3. The molecular weight excluding hydrogens is 400 g/mol. The summed E-state index contributed by atoms with van der Waals surface area (Å²) in [6.07, 6.45) is 10.7. The van der Waals surface area contributed by atoms with Crippen LogP contribution in [0.1, 0.15) is 49.8 Å². The van der Waals surface area contributed by atoms with Crippen molar-refractivity contribution in [1.82, 2.24) is 19.6 Å². The van der Waals surface area contributed by atoms with E-state index in [9.17, 15) is 9.59 Å². The predicted octanol–water partition coefficient (Wildman–Crippen LogP) is 3.28. The zero-order valence-electron chi connectivity index (χ0n) is 17.9. The highest BCUT2D eigenvalue weighted by atomic mass is 35.5. The Bertz CT molecular complexity index is 862. The first-order chi connectivity index (χ1) is 14.3. The van der Waals surface area contributed by atoms with E-state index >= 15 is 0 Å². The SMILES string of the molecule is Cc1nn(C)c(Cl)c1/C=C/C(=O)N1CCN(C(=O)C23CC4CC(CC(C4)C2)C3)CC1. The molecule has 2 amide bonds. The Labute approximate surface area is 183 Å². The molecule has 1 saturated heterocycles. The number of rotatable bonds is 3. The number of carbonyl (C=O) groups excluding carboxylic acids is 2. The van der Waals surface area contributed by atoms with Crippen LogP contribution >= 0.6 is 11.6 Å². The molecule has 0 N–H and O–H groups in total. The van der Waals surface area contributed by atoms with Crippen molar-refractivity contribution in [2.45, 2.75) is 45.4 Å². The van der Waals surface area contributed by atoms with Gasteiger partial charge in [-0.05, 0) is 69.3 Å². The van der Waals surface area contributed by atoms with E-state index < -0.39 is 0 Å². The second kappa shape index (κ2) is 7.40. The molecule has 0 atom stereocenters. The number of amides is 2. The van der Waals surface area contributed by atoms with Gasteiger partial charge in [0.05, 0.1) is 11.1 Å². The number of hydrogen-bond donors (Lipinski definition) is 0. The van der Waals surface area contributed by atoms with E-state index in [0.29, 0.717) is 37.2 Å². The molecule has 4 saturated carbocycles. The maximum Gasteiger partial charge on any atom is 0.246 e. The number of aryl methyl sites for hydroxylation is 2. The zero-order valence-corrected chi connectivity index (χ0v) is 18.7. The van der Waals surface area contributed by atoms with E-state index in [1.807, 2.05) is 16.7 Å². The molecule has 1 aromatic heterocycles. The fraction of sp³-hybridized carbons (Fsp3) is 0.696. The topological polar surface area (TPSA) is 58.4 Å². The maximum atomic E-state index is 13.5. The molecule has 1 aromatic rings. The molecule has 0 radical (unpaired) electrons. The van der Waals surface area contributed by atoms with Crippen LogP contribution in [0, 0.1) is 30.1 Å². The van der Waals surface area contributed by atoms with Gasteiger partial charge in [0.2, 0.25) is 11.8 Å². The van der Waals surface area contributed by atoms with Crippen molar-refractivity contribution in [3.05, 3.63) is 22.5 Å². The van der Waals surface area contributed by atoms with Gasteiger partial charge in [-0.3, -0.25) is 14.3 Å². The van der Waals surface area contributed by atoms with Crippen LogP contribution in [0.15, 0.2) is 6.08 Å². The summed E-state index contributed by atoms with van der Waals surface area (Å²) in [6, 6.07) is 0. The highest BCUT2D eigenvalue weighted by molar-refractivity contribution is 6.31. The highest BCUT2D eigenvalue weighted by Crippen LogP contribution is 2.60. The number of carbonyl (C=O) groups is 2. The molecule has 4 aliphatic carbocycles. The lowest BCUT2D eigenvalue weighted by Gasteiger charge is -2.57. The average molecular weight is 431 g/mol. The minimum atomic E-state index is -0.0879. The molecule has 5 fully saturated rings. The fourth-order valence-electron chi connectivity index (χ4n) is 6.93. The molecule has 6 nitrogen and oxygen atoms in total. The summed E-state index contributed by atoms with van der Waals surface area (Å²) in [5.41, 5.74) is 1.50. The lowest BCUT2D eigenvalue weighted by molar-refractivity contribution is -0.160. The molecule has 0 aromatic carbocycles. The molecular formula is C23H31ClN4O2. The normalized spacial score (nSPS) is 33.0. The Morgan fingerprint density at radius 2 is 1.53 bits per heavy atom. The lowest BCUT2D eigenvalue weighted by Crippen LogP contribution is -2.58. The van der Waals surface area contributed by atoms with E-state index in [1.54, 1.807) is 23.9 Å². The number of piperazine rings is 1. The molecule has 2 heterocycles. The Hall–Kier alpha value is -1.82. The largest absolute Gasteiger partial charge is 0.339 e. The van der Waals surface area contributed by atoms with Gasteiger partial charge in [-0.2, -0.15) is 5.10 Å². The van der Waals surface area contributed by atoms with Crippen LogP contribution in [-0.4, -0.2) is 57.6 Å². The molecule has 6 rings (SSSR count). The summed E-state index contributed by atoms with van der Waals surface area (Å²) in [5.74, 6) is 2.67. The first kappa shape index (κ1) is 20.1. The van der Waals surface area contributed by atoms with Gasteiger partial charge in [-0.25, -0.2) is 0 Å². The maximum absolute atomic E-state index is 13.5. The van der Waals surface area contributed by atoms with Crippen molar-refractivity contribution in [1.29, 1.82) is 0 Å². The van der Waals surface area contributed by atoms with Crippen molar-refractivity contribution in [2.75, 3.05) is 26.2 Å². The van der Waals surface area contributed by atoms with E-state index in [1.165, 1.54) is 19.3 Å². The van der Waals surface area contributed by atoms with E-state index in [0.717, 1.165) is 48.3 Å². The summed E-state index contributed by atoms with van der Waals surface area (Å²) in [7, 11) is 1.79. The molecule has 1 aliphatic heterocycles. The molecule has 0 spiro atoms. The van der Waals surface area contributed by atoms with Crippen molar-refractivity contribution >= 4 is 29.5 Å². The Balaban J connectivity index is 1.20. The van der Waals surface area contributed by atoms with Gasteiger partial charge >= 0.3 is 0 Å². The number of aromatic nitrogens is 2. The first-order valence-corrected chi connectivity index (χ1v) is 11.7. The minimum Gasteiger partial charge on any atom is -0.339 e. The summed E-state index contributed by atoms with van der Waals surface area (Å²) in [4.78, 5) is 30.0. The van der Waals surface area contributed by atoms with Gasteiger partial charge in [-0.15, -0.1) is 0 Å². The third-order valence-electron chi connectivity index (χ3n) is 7.96. The van der Waals surface area contributed by atoms with Crippen LogP contribution in [0.5, 0.6) is 0 Å². The zero-order chi connectivity index (χ0) is 21.0. The Morgan fingerprint density at radius 3 is 2.03 bits per heavy atom. The molecule has 5 aliphatic rings. The van der Waals surface area contributed by atoms with Crippen molar-refractivity contribution < 1.29 is 9.59 Å². The predicted molar refractivity (Wildman–Crippen MR) is 116 cm³/mol. The second-order valence-corrected chi connectivity index (χ2v) is 10.4. The van der Waals surface area contributed by atoms with Gasteiger partial charge in [0.15, 0.2) is 0 Å². The van der Waals surface area contributed by atoms with E-state index in [4.69, 9.17) is 11.6 Å². The van der Waals surface area contributed by atoms with Gasteiger partial charge in [-0.1, -0.05) is 11.6 Å². The van der Waals surface area contributed by atoms with Crippen molar-refractivity contribution in [3.8, 4) is 0 Å². The third-order valence-corrected chi connectivity index (χ3v) is 8.41. The van der Waals surface area contributed by atoms with E-state index in [2.05, 4.69) is 5.10 Å². The second-order valence-electron chi connectivity index (χ2n) is 10.1. The van der Waals surface area contributed by atoms with Crippen molar-refractivity contribution in [3.63, 3.8) is 0 Å². The van der Waals surface area contributed by atoms with Gasteiger partial charge in [0.1, 0.15) is 5.15 Å². The molecule has 4 bridgehead atoms. The molecule has 30 heavy (non-hydrogen) atoms. The van der Waals surface area contributed by atoms with E-state index in [-0.39, 0.29) is 11.3 Å². The average Bonchev–Trinajstić information content (AvgIpc) is 2.96. The van der Waals surface area contributed by atoms with Crippen LogP contribution in [0.3, 0.4) is 0 Å². The lowest BCUT2D eigenvalue weighted by atomic mass is 9.49. The number of halogens is 1. The third kappa shape index (κ3) is 3.37. The van der Waals surface area contributed by atoms with Gasteiger partial charge in [0, 0.05) is 44.9 Å².